The Morgan fingerprint density at radius 2 is 0.977 bits per heavy atom. The highest BCUT2D eigenvalue weighted by Gasteiger charge is 2.15. The zero-order valence-corrected chi connectivity index (χ0v) is 24.6. The average molecular weight is 579 g/mol. The molecule has 0 aliphatic heterocycles. The first-order valence-corrected chi connectivity index (χ1v) is 15.7. The summed E-state index contributed by atoms with van der Waals surface area (Å²) in [6.45, 7) is 0. The molecule has 206 valence electrons. The van der Waals surface area contributed by atoms with Gasteiger partial charge in [-0.1, -0.05) is 97.1 Å². The second-order valence-corrected chi connectivity index (χ2v) is 12.3. The molecule has 0 atom stereocenters. The van der Waals surface area contributed by atoms with E-state index in [0.717, 1.165) is 33.8 Å². The first-order valence-electron chi connectivity index (χ1n) is 14.9. The van der Waals surface area contributed by atoms with E-state index in [1.165, 1.54) is 47.5 Å². The van der Waals surface area contributed by atoms with Gasteiger partial charge in [0.05, 0.1) is 22.4 Å². The molecule has 0 aliphatic rings. The van der Waals surface area contributed by atoms with Crippen LogP contribution in [-0.4, -0.2) is 9.55 Å². The van der Waals surface area contributed by atoms with Crippen LogP contribution in [0.4, 0.5) is 0 Å². The maximum atomic E-state index is 5.32. The van der Waals surface area contributed by atoms with Gasteiger partial charge in [-0.15, -0.1) is 11.3 Å². The quantitative estimate of drug-likeness (QED) is 0.203. The van der Waals surface area contributed by atoms with Crippen molar-refractivity contribution in [1.29, 1.82) is 0 Å². The second-order valence-electron chi connectivity index (χ2n) is 11.2. The summed E-state index contributed by atoms with van der Waals surface area (Å²) in [5.41, 5.74) is 10.1. The van der Waals surface area contributed by atoms with E-state index in [2.05, 4.69) is 162 Å². The largest absolute Gasteiger partial charge is 0.309 e. The lowest BCUT2D eigenvalue weighted by molar-refractivity contribution is 1.18. The molecule has 0 bridgehead atoms. The molecular formula is C41H26N2S. The summed E-state index contributed by atoms with van der Waals surface area (Å²) >= 11 is 1.85. The molecular weight excluding hydrogens is 553 g/mol. The molecule has 0 fully saturated rings. The number of para-hydroxylation sites is 2. The second kappa shape index (κ2) is 10.0. The summed E-state index contributed by atoms with van der Waals surface area (Å²) in [7, 11) is 0. The summed E-state index contributed by atoms with van der Waals surface area (Å²) in [5, 5.41) is 5.05. The predicted molar refractivity (Wildman–Crippen MR) is 188 cm³/mol. The predicted octanol–water partition coefficient (Wildman–Crippen LogP) is 11.5. The van der Waals surface area contributed by atoms with Crippen LogP contribution in [0.1, 0.15) is 0 Å². The average Bonchev–Trinajstić information content (AvgIpc) is 3.64. The van der Waals surface area contributed by atoms with Gasteiger partial charge in [0, 0.05) is 47.8 Å². The van der Waals surface area contributed by atoms with Crippen molar-refractivity contribution in [2.75, 3.05) is 0 Å². The van der Waals surface area contributed by atoms with Crippen LogP contribution in [-0.2, 0) is 0 Å². The lowest BCUT2D eigenvalue weighted by Crippen LogP contribution is -1.93. The monoisotopic (exact) mass is 578 g/mol. The Morgan fingerprint density at radius 1 is 0.386 bits per heavy atom. The van der Waals surface area contributed by atoms with Crippen LogP contribution in [0, 0.1) is 0 Å². The van der Waals surface area contributed by atoms with Crippen LogP contribution in [0.15, 0.2) is 158 Å². The first kappa shape index (κ1) is 25.0. The van der Waals surface area contributed by atoms with E-state index in [1.54, 1.807) is 0 Å². The lowest BCUT2D eigenvalue weighted by Gasteiger charge is -2.11. The maximum Gasteiger partial charge on any atom is 0.0715 e. The van der Waals surface area contributed by atoms with Crippen LogP contribution >= 0.6 is 11.3 Å². The Labute approximate surface area is 259 Å². The maximum absolute atomic E-state index is 5.32. The minimum Gasteiger partial charge on any atom is -0.309 e. The van der Waals surface area contributed by atoms with E-state index in [9.17, 15) is 0 Å². The third kappa shape index (κ3) is 4.05. The van der Waals surface area contributed by atoms with Crippen LogP contribution in [0.3, 0.4) is 0 Å². The molecule has 0 saturated carbocycles. The first-order chi connectivity index (χ1) is 21.8. The highest BCUT2D eigenvalue weighted by Crippen LogP contribution is 2.39. The van der Waals surface area contributed by atoms with Crippen LogP contribution in [0.5, 0.6) is 0 Å². The van der Waals surface area contributed by atoms with Crippen molar-refractivity contribution in [3.8, 4) is 39.3 Å². The van der Waals surface area contributed by atoms with Crippen LogP contribution in [0.25, 0.3) is 81.3 Å². The van der Waals surface area contributed by atoms with Gasteiger partial charge in [-0.3, -0.25) is 0 Å². The molecule has 0 aliphatic carbocycles. The summed E-state index contributed by atoms with van der Waals surface area (Å²) < 4.78 is 4.97. The Kier molecular flexibility index (Phi) is 5.71. The van der Waals surface area contributed by atoms with Gasteiger partial charge in [-0.2, -0.15) is 0 Å². The molecule has 6 aromatic carbocycles. The SMILES string of the molecule is c1ccc(-c2cc(-c3ccc4sc5ccccc5c4c3)nc(-c3ccc4c(c3)c3ccccc3n4-c3ccccc3)c2)cc1. The molecule has 0 amide bonds. The molecule has 0 spiro atoms. The Bertz CT molecular complexity index is 2490. The van der Waals surface area contributed by atoms with E-state index in [1.807, 2.05) is 11.3 Å². The van der Waals surface area contributed by atoms with Crippen molar-refractivity contribution < 1.29 is 0 Å². The van der Waals surface area contributed by atoms with Gasteiger partial charge in [0.25, 0.3) is 0 Å². The van der Waals surface area contributed by atoms with Gasteiger partial charge in [-0.05, 0) is 71.8 Å². The van der Waals surface area contributed by atoms with Crippen molar-refractivity contribution in [2.45, 2.75) is 0 Å². The standard InChI is InChI=1S/C41H26N2S/c1-3-11-27(12-4-1)30-25-36(42-37(26-30)29-20-22-41-35(24-29)33-16-8-10-18-40(33)44-41)28-19-21-39-34(23-28)32-15-7-9-17-38(32)43(39)31-13-5-2-6-14-31/h1-26H. The lowest BCUT2D eigenvalue weighted by atomic mass is 9.98. The van der Waals surface area contributed by atoms with Gasteiger partial charge in [0.15, 0.2) is 0 Å². The molecule has 3 aromatic heterocycles. The fraction of sp³-hybridized carbons (Fsp3) is 0. The third-order valence-electron chi connectivity index (χ3n) is 8.59. The molecule has 0 saturated heterocycles. The van der Waals surface area contributed by atoms with Gasteiger partial charge >= 0.3 is 0 Å². The number of thiophene rings is 1. The molecule has 0 radical (unpaired) electrons. The van der Waals surface area contributed by atoms with Gasteiger partial charge in [0.2, 0.25) is 0 Å². The smallest absolute Gasteiger partial charge is 0.0715 e. The highest BCUT2D eigenvalue weighted by molar-refractivity contribution is 7.25. The van der Waals surface area contributed by atoms with Crippen LogP contribution in [0.2, 0.25) is 0 Å². The molecule has 3 heteroatoms. The summed E-state index contributed by atoms with van der Waals surface area (Å²) in [5.74, 6) is 0. The third-order valence-corrected chi connectivity index (χ3v) is 9.74. The van der Waals surface area contributed by atoms with Gasteiger partial charge in [-0.25, -0.2) is 4.98 Å². The highest BCUT2D eigenvalue weighted by atomic mass is 32.1. The zero-order chi connectivity index (χ0) is 29.0. The van der Waals surface area contributed by atoms with Crippen molar-refractivity contribution in [3.63, 3.8) is 0 Å². The molecule has 3 heterocycles. The number of hydrogen-bond donors (Lipinski definition) is 0. The van der Waals surface area contributed by atoms with Crippen molar-refractivity contribution >= 4 is 53.3 Å². The van der Waals surface area contributed by atoms with Crippen molar-refractivity contribution in [1.82, 2.24) is 9.55 Å². The topological polar surface area (TPSA) is 17.8 Å². The molecule has 2 nitrogen and oxygen atoms in total. The van der Waals surface area contributed by atoms with Gasteiger partial charge < -0.3 is 4.57 Å². The number of hydrogen-bond acceptors (Lipinski definition) is 2. The minimum absolute atomic E-state index is 0.968. The summed E-state index contributed by atoms with van der Waals surface area (Å²) in [4.78, 5) is 5.32. The molecule has 0 N–H and O–H groups in total. The van der Waals surface area contributed by atoms with E-state index < -0.39 is 0 Å². The normalized spacial score (nSPS) is 11.6. The fourth-order valence-corrected chi connectivity index (χ4v) is 7.58. The summed E-state index contributed by atoms with van der Waals surface area (Å²) in [6, 6.07) is 56.6. The number of aromatic nitrogens is 2. The Hall–Kier alpha value is -5.51. The Morgan fingerprint density at radius 3 is 1.77 bits per heavy atom. The number of benzene rings is 6. The zero-order valence-electron chi connectivity index (χ0n) is 23.8. The van der Waals surface area contributed by atoms with E-state index in [-0.39, 0.29) is 0 Å². The fourth-order valence-electron chi connectivity index (χ4n) is 6.50. The molecule has 9 rings (SSSR count). The number of fused-ring (bicyclic) bond motifs is 6. The number of rotatable bonds is 4. The van der Waals surface area contributed by atoms with E-state index in [0.29, 0.717) is 0 Å². The molecule has 0 unspecified atom stereocenters. The van der Waals surface area contributed by atoms with Crippen LogP contribution < -0.4 is 0 Å². The summed E-state index contributed by atoms with van der Waals surface area (Å²) in [6.07, 6.45) is 0. The molecule has 9 aromatic rings. The Balaban J connectivity index is 1.26. The van der Waals surface area contributed by atoms with Gasteiger partial charge in [0.1, 0.15) is 0 Å². The number of nitrogens with zero attached hydrogens (tertiary/aromatic N) is 2. The number of pyridine rings is 1. The van der Waals surface area contributed by atoms with E-state index >= 15 is 0 Å². The van der Waals surface area contributed by atoms with Crippen molar-refractivity contribution in [3.05, 3.63) is 158 Å². The minimum atomic E-state index is 0.968. The van der Waals surface area contributed by atoms with Crippen molar-refractivity contribution in [2.24, 2.45) is 0 Å². The molecule has 44 heavy (non-hydrogen) atoms. The van der Waals surface area contributed by atoms with E-state index in [4.69, 9.17) is 4.98 Å².